The summed E-state index contributed by atoms with van der Waals surface area (Å²) < 4.78 is 42.5. The third-order valence-corrected chi connectivity index (χ3v) is 4.07. The number of aromatic carboxylic acids is 1. The van der Waals surface area contributed by atoms with E-state index in [1.54, 1.807) is 30.3 Å². The van der Waals surface area contributed by atoms with Crippen LogP contribution in [0.1, 0.15) is 20.7 Å². The second-order valence-corrected chi connectivity index (χ2v) is 6.11. The molecule has 5 nitrogen and oxygen atoms in total. The Morgan fingerprint density at radius 1 is 1.04 bits per heavy atom. The molecule has 0 atom stereocenters. The Kier molecular flexibility index (Phi) is 5.41. The fourth-order valence-corrected chi connectivity index (χ4v) is 2.75. The molecule has 0 saturated heterocycles. The quantitative estimate of drug-likeness (QED) is 0.608. The molecule has 0 aliphatic heterocycles. The molecular weight excluding hydrogens is 399 g/mol. The smallest absolute Gasteiger partial charge is 0.387 e. The van der Waals surface area contributed by atoms with Crippen LogP contribution in [0.15, 0.2) is 48.5 Å². The number of fused-ring (bicyclic) bond motifs is 1. The van der Waals surface area contributed by atoms with Gasteiger partial charge in [0.2, 0.25) is 0 Å². The molecule has 0 saturated carbocycles. The molecule has 0 fully saturated rings. The van der Waals surface area contributed by atoms with Crippen molar-refractivity contribution in [2.75, 3.05) is 5.32 Å². The van der Waals surface area contributed by atoms with Gasteiger partial charge < -0.3 is 15.2 Å². The minimum atomic E-state index is -3.33. The van der Waals surface area contributed by atoms with E-state index in [0.717, 1.165) is 5.39 Å². The van der Waals surface area contributed by atoms with Crippen LogP contribution in [0.3, 0.4) is 0 Å². The molecule has 0 unspecified atom stereocenters. The van der Waals surface area contributed by atoms with E-state index in [-0.39, 0.29) is 5.56 Å². The number of carbonyl (C=O) groups is 2. The molecule has 3 aromatic carbocycles. The molecule has 28 heavy (non-hydrogen) atoms. The second kappa shape index (κ2) is 7.77. The van der Waals surface area contributed by atoms with Gasteiger partial charge in [-0.2, -0.15) is 8.78 Å². The van der Waals surface area contributed by atoms with E-state index in [1.165, 1.54) is 6.07 Å². The number of carboxylic acids is 1. The number of ether oxygens (including phenoxy) is 1. The zero-order valence-electron chi connectivity index (χ0n) is 13.9. The molecular formula is C19H11ClF3NO4. The summed E-state index contributed by atoms with van der Waals surface area (Å²) in [6.07, 6.45) is 0. The zero-order valence-corrected chi connectivity index (χ0v) is 14.6. The number of amides is 1. The fraction of sp³-hybridized carbons (Fsp3) is 0.0526. The highest BCUT2D eigenvalue weighted by molar-refractivity contribution is 6.31. The second-order valence-electron chi connectivity index (χ2n) is 5.67. The average Bonchev–Trinajstić information content (AvgIpc) is 2.62. The normalized spacial score (nSPS) is 10.9. The summed E-state index contributed by atoms with van der Waals surface area (Å²) in [5.74, 6) is -4.44. The summed E-state index contributed by atoms with van der Waals surface area (Å²) in [5, 5.41) is 13.5. The van der Waals surface area contributed by atoms with Crippen LogP contribution in [0.5, 0.6) is 5.75 Å². The predicted molar refractivity (Wildman–Crippen MR) is 96.9 cm³/mol. The number of rotatable bonds is 5. The number of hydrogen-bond acceptors (Lipinski definition) is 3. The Labute approximate surface area is 161 Å². The highest BCUT2D eigenvalue weighted by Gasteiger charge is 2.20. The van der Waals surface area contributed by atoms with Gasteiger partial charge in [0, 0.05) is 22.7 Å². The number of carbonyl (C=O) groups excluding carboxylic acids is 1. The molecule has 3 aromatic rings. The van der Waals surface area contributed by atoms with E-state index in [2.05, 4.69) is 10.1 Å². The lowest BCUT2D eigenvalue weighted by atomic mass is 10.1. The van der Waals surface area contributed by atoms with Gasteiger partial charge in [-0.05, 0) is 35.0 Å². The first-order chi connectivity index (χ1) is 13.2. The van der Waals surface area contributed by atoms with Gasteiger partial charge in [-0.1, -0.05) is 23.7 Å². The number of anilines is 1. The molecule has 9 heteroatoms. The maximum atomic E-state index is 13.9. The van der Waals surface area contributed by atoms with Crippen LogP contribution in [0, 0.1) is 5.82 Å². The summed E-state index contributed by atoms with van der Waals surface area (Å²) in [4.78, 5) is 23.8. The van der Waals surface area contributed by atoms with Crippen LogP contribution in [0.2, 0.25) is 5.02 Å². The van der Waals surface area contributed by atoms with Crippen molar-refractivity contribution < 1.29 is 32.6 Å². The Bertz CT molecular complexity index is 1090. The van der Waals surface area contributed by atoms with Gasteiger partial charge in [0.15, 0.2) is 11.6 Å². The van der Waals surface area contributed by atoms with Crippen LogP contribution in [0.25, 0.3) is 10.8 Å². The zero-order chi connectivity index (χ0) is 20.4. The fourth-order valence-electron chi connectivity index (χ4n) is 2.57. The molecule has 0 aliphatic carbocycles. The summed E-state index contributed by atoms with van der Waals surface area (Å²) in [6.45, 7) is -3.33. The maximum Gasteiger partial charge on any atom is 0.387 e. The largest absolute Gasteiger partial charge is 0.478 e. The van der Waals surface area contributed by atoms with E-state index >= 15 is 0 Å². The first-order valence-corrected chi connectivity index (χ1v) is 8.14. The number of carboxylic acid groups (broad SMARTS) is 1. The van der Waals surface area contributed by atoms with Crippen LogP contribution in [0.4, 0.5) is 18.9 Å². The van der Waals surface area contributed by atoms with Crippen molar-refractivity contribution in [1.82, 2.24) is 0 Å². The van der Waals surface area contributed by atoms with Crippen molar-refractivity contribution in [3.63, 3.8) is 0 Å². The van der Waals surface area contributed by atoms with Crippen molar-refractivity contribution in [1.29, 1.82) is 0 Å². The first kappa shape index (κ1) is 19.5. The van der Waals surface area contributed by atoms with Gasteiger partial charge in [0.25, 0.3) is 5.91 Å². The minimum Gasteiger partial charge on any atom is -0.478 e. The van der Waals surface area contributed by atoms with E-state index in [1.807, 2.05) is 0 Å². The maximum absolute atomic E-state index is 13.9. The molecule has 0 aromatic heterocycles. The predicted octanol–water partition coefficient (Wildman–Crippen LogP) is 5.18. The Morgan fingerprint density at radius 3 is 2.39 bits per heavy atom. The van der Waals surface area contributed by atoms with E-state index in [9.17, 15) is 27.9 Å². The summed E-state index contributed by atoms with van der Waals surface area (Å²) in [5.41, 5.74) is -0.815. The number of alkyl halides is 2. The number of halogens is 4. The molecule has 0 radical (unpaired) electrons. The molecule has 0 spiro atoms. The highest BCUT2D eigenvalue weighted by Crippen LogP contribution is 2.28. The number of nitrogens with one attached hydrogen (secondary N) is 1. The molecule has 144 valence electrons. The van der Waals surface area contributed by atoms with E-state index in [0.29, 0.717) is 22.5 Å². The van der Waals surface area contributed by atoms with Gasteiger partial charge in [-0.3, -0.25) is 4.79 Å². The van der Waals surface area contributed by atoms with Crippen molar-refractivity contribution in [3.05, 3.63) is 70.5 Å². The minimum absolute atomic E-state index is 0.180. The van der Waals surface area contributed by atoms with Crippen molar-refractivity contribution in [3.8, 4) is 5.75 Å². The van der Waals surface area contributed by atoms with Crippen LogP contribution in [-0.4, -0.2) is 23.6 Å². The number of hydrogen-bond donors (Lipinski definition) is 2. The van der Waals surface area contributed by atoms with Gasteiger partial charge in [0.05, 0.1) is 11.3 Å². The van der Waals surface area contributed by atoms with Gasteiger partial charge in [-0.15, -0.1) is 0 Å². The number of benzene rings is 3. The first-order valence-electron chi connectivity index (χ1n) is 7.77. The van der Waals surface area contributed by atoms with Crippen molar-refractivity contribution >= 4 is 39.9 Å². The van der Waals surface area contributed by atoms with Crippen LogP contribution in [-0.2, 0) is 0 Å². The molecule has 3 rings (SSSR count). The molecule has 0 heterocycles. The lowest BCUT2D eigenvalue weighted by Crippen LogP contribution is -2.16. The summed E-state index contributed by atoms with van der Waals surface area (Å²) >= 11 is 5.91. The Hall–Kier alpha value is -3.26. The lowest BCUT2D eigenvalue weighted by Gasteiger charge is -2.12. The molecule has 1 amide bonds. The lowest BCUT2D eigenvalue weighted by molar-refractivity contribution is -0.0522. The van der Waals surface area contributed by atoms with Gasteiger partial charge in [-0.25, -0.2) is 9.18 Å². The van der Waals surface area contributed by atoms with Gasteiger partial charge in [0.1, 0.15) is 0 Å². The summed E-state index contributed by atoms with van der Waals surface area (Å²) in [6, 6.07) is 10.9. The van der Waals surface area contributed by atoms with E-state index < -0.39 is 41.3 Å². The van der Waals surface area contributed by atoms with E-state index in [4.69, 9.17) is 11.6 Å². The van der Waals surface area contributed by atoms with Crippen molar-refractivity contribution in [2.45, 2.75) is 6.61 Å². The standard InChI is InChI=1S/C19H11ClF3NO4/c20-12-4-3-9-5-11(2-1-10(9)6-12)17(25)24-15-8-14(21)16(28-19(22)23)7-13(15)18(26)27/h1-8,19H,(H,24,25)(H,26,27). The molecule has 2 N–H and O–H groups in total. The van der Waals surface area contributed by atoms with Crippen LogP contribution < -0.4 is 10.1 Å². The monoisotopic (exact) mass is 409 g/mol. The Morgan fingerprint density at radius 2 is 1.71 bits per heavy atom. The average molecular weight is 410 g/mol. The van der Waals surface area contributed by atoms with Crippen LogP contribution >= 0.6 is 11.6 Å². The molecule has 0 aliphatic rings. The molecule has 0 bridgehead atoms. The third-order valence-electron chi connectivity index (χ3n) is 3.83. The Balaban J connectivity index is 1.94. The SMILES string of the molecule is O=C(Nc1cc(F)c(OC(F)F)cc1C(=O)O)c1ccc2cc(Cl)ccc2c1. The van der Waals surface area contributed by atoms with Gasteiger partial charge >= 0.3 is 12.6 Å². The highest BCUT2D eigenvalue weighted by atomic mass is 35.5. The summed E-state index contributed by atoms with van der Waals surface area (Å²) in [7, 11) is 0. The topological polar surface area (TPSA) is 75.6 Å². The van der Waals surface area contributed by atoms with Crippen molar-refractivity contribution in [2.24, 2.45) is 0 Å². The third kappa shape index (κ3) is 4.17.